The lowest BCUT2D eigenvalue weighted by Crippen LogP contribution is -2.40. The molecule has 2 rings (SSSR count). The number of carboxylic acids is 1. The smallest absolute Gasteiger partial charge is 0.328 e. The van der Waals surface area contributed by atoms with Crippen molar-refractivity contribution in [2.75, 3.05) is 19.0 Å². The molecular weight excluding hydrogens is 374 g/mol. The molecule has 4 N–H and O–H groups in total. The third kappa shape index (κ3) is 6.32. The molecule has 0 radical (unpaired) electrons. The fourth-order valence-electron chi connectivity index (χ4n) is 2.79. The Hall–Kier alpha value is -1.54. The number of hydrogen-bond donors (Lipinski definition) is 3. The van der Waals surface area contributed by atoms with E-state index in [1.165, 1.54) is 17.8 Å². The molecule has 1 aromatic rings. The first-order valence-electron chi connectivity index (χ1n) is 8.41. The van der Waals surface area contributed by atoms with Gasteiger partial charge in [-0.15, -0.1) is 11.8 Å². The Morgan fingerprint density at radius 3 is 2.88 bits per heavy atom. The monoisotopic (exact) mass is 397 g/mol. The Morgan fingerprint density at radius 1 is 1.50 bits per heavy atom. The van der Waals surface area contributed by atoms with E-state index < -0.39 is 12.0 Å². The summed E-state index contributed by atoms with van der Waals surface area (Å²) in [5, 5.41) is 12.7. The molecule has 2 unspecified atom stereocenters. The summed E-state index contributed by atoms with van der Waals surface area (Å²) in [6.07, 6.45) is 2.09. The van der Waals surface area contributed by atoms with Crippen LogP contribution >= 0.6 is 23.4 Å². The van der Waals surface area contributed by atoms with Gasteiger partial charge in [0.2, 0.25) is 5.91 Å². The number of piperidine rings is 1. The van der Waals surface area contributed by atoms with Crippen molar-refractivity contribution in [3.63, 3.8) is 0 Å². The van der Waals surface area contributed by atoms with E-state index in [9.17, 15) is 14.7 Å². The van der Waals surface area contributed by atoms with Crippen LogP contribution in [-0.4, -0.2) is 52.1 Å². The highest BCUT2D eigenvalue weighted by atomic mass is 35.5. The van der Waals surface area contributed by atoms with E-state index in [1.807, 2.05) is 24.3 Å². The van der Waals surface area contributed by atoms with E-state index >= 15 is 0 Å². The Balaban J connectivity index is 1.97. The Morgan fingerprint density at radius 2 is 2.23 bits per heavy atom. The number of thioether (sulfide) groups is 1. The maximum atomic E-state index is 11.6. The lowest BCUT2D eigenvalue weighted by molar-refractivity contribution is -0.131. The normalized spacial score (nSPS) is 20.7. The van der Waals surface area contributed by atoms with Gasteiger partial charge in [0, 0.05) is 36.0 Å². The van der Waals surface area contributed by atoms with Gasteiger partial charge in [-0.1, -0.05) is 29.8 Å². The van der Waals surface area contributed by atoms with Crippen molar-refractivity contribution in [1.82, 2.24) is 10.2 Å². The number of nitrogens with zero attached hydrogens (tertiary/aromatic N) is 1. The van der Waals surface area contributed by atoms with Crippen LogP contribution in [0.5, 0.6) is 0 Å². The van der Waals surface area contributed by atoms with E-state index in [2.05, 4.69) is 10.2 Å². The van der Waals surface area contributed by atoms with Crippen LogP contribution in [0.3, 0.4) is 0 Å². The SMILES string of the molecule is CC(N)C(=O)NCSC1CCN(Cc2ccccc2Cl)C/C1=C\C(=O)O. The highest BCUT2D eigenvalue weighted by molar-refractivity contribution is 8.00. The number of nitrogens with two attached hydrogens (primary N) is 1. The first-order chi connectivity index (χ1) is 12.4. The average Bonchev–Trinajstić information content (AvgIpc) is 2.58. The molecule has 0 spiro atoms. The van der Waals surface area contributed by atoms with Gasteiger partial charge >= 0.3 is 5.97 Å². The zero-order valence-corrected chi connectivity index (χ0v) is 16.2. The van der Waals surface area contributed by atoms with Crippen molar-refractivity contribution >= 4 is 35.2 Å². The summed E-state index contributed by atoms with van der Waals surface area (Å²) in [7, 11) is 0. The molecule has 1 heterocycles. The van der Waals surface area contributed by atoms with E-state index in [-0.39, 0.29) is 11.2 Å². The van der Waals surface area contributed by atoms with Crippen molar-refractivity contribution in [1.29, 1.82) is 0 Å². The first kappa shape index (κ1) is 20.8. The quantitative estimate of drug-likeness (QED) is 0.481. The summed E-state index contributed by atoms with van der Waals surface area (Å²) in [6.45, 7) is 3.70. The molecular formula is C18H24ClN3O3S. The van der Waals surface area contributed by atoms with E-state index in [0.29, 0.717) is 24.0 Å². The zero-order chi connectivity index (χ0) is 19.1. The number of hydrogen-bond acceptors (Lipinski definition) is 5. The molecule has 1 aliphatic rings. The van der Waals surface area contributed by atoms with Crippen molar-refractivity contribution < 1.29 is 14.7 Å². The van der Waals surface area contributed by atoms with Gasteiger partial charge in [-0.25, -0.2) is 4.79 Å². The molecule has 6 nitrogen and oxygen atoms in total. The Labute approximate surface area is 162 Å². The average molecular weight is 398 g/mol. The fourth-order valence-corrected chi connectivity index (χ4v) is 4.04. The number of aliphatic carboxylic acids is 1. The minimum absolute atomic E-state index is 0.0574. The Bertz CT molecular complexity index is 681. The van der Waals surface area contributed by atoms with Gasteiger partial charge in [0.25, 0.3) is 0 Å². The highest BCUT2D eigenvalue weighted by Gasteiger charge is 2.25. The minimum Gasteiger partial charge on any atom is -0.478 e. The second-order valence-corrected chi connectivity index (χ2v) is 7.88. The first-order valence-corrected chi connectivity index (χ1v) is 9.83. The maximum absolute atomic E-state index is 11.6. The molecule has 1 aliphatic heterocycles. The standard InChI is InChI=1S/C18H24ClN3O3S/c1-12(20)18(25)21-11-26-16-6-7-22(10-14(16)8-17(23)24)9-13-4-2-3-5-15(13)19/h2-5,8,12,16H,6-7,9-11,20H2,1H3,(H,21,25)(H,23,24)/b14-8+. The second-order valence-electron chi connectivity index (χ2n) is 6.28. The van der Waals surface area contributed by atoms with Gasteiger partial charge in [-0.2, -0.15) is 0 Å². The van der Waals surface area contributed by atoms with Gasteiger partial charge in [-0.3, -0.25) is 9.69 Å². The molecule has 0 aromatic heterocycles. The van der Waals surface area contributed by atoms with Crippen LogP contribution in [0, 0.1) is 0 Å². The summed E-state index contributed by atoms with van der Waals surface area (Å²) in [5.74, 6) is -0.755. The van der Waals surface area contributed by atoms with Crippen LogP contribution in [0.4, 0.5) is 0 Å². The number of nitrogens with one attached hydrogen (secondary N) is 1. The van der Waals surface area contributed by atoms with Crippen LogP contribution in [-0.2, 0) is 16.1 Å². The van der Waals surface area contributed by atoms with Crippen LogP contribution in [0.15, 0.2) is 35.9 Å². The molecule has 26 heavy (non-hydrogen) atoms. The number of likely N-dealkylation sites (tertiary alicyclic amines) is 1. The third-order valence-electron chi connectivity index (χ3n) is 4.13. The van der Waals surface area contributed by atoms with Crippen molar-refractivity contribution in [2.24, 2.45) is 5.73 Å². The molecule has 2 atom stereocenters. The molecule has 1 saturated heterocycles. The number of carboxylic acid groups (broad SMARTS) is 1. The van der Waals surface area contributed by atoms with E-state index in [1.54, 1.807) is 6.92 Å². The summed E-state index contributed by atoms with van der Waals surface area (Å²) in [6, 6.07) is 7.11. The largest absolute Gasteiger partial charge is 0.478 e. The van der Waals surface area contributed by atoms with Crippen LogP contribution < -0.4 is 11.1 Å². The van der Waals surface area contributed by atoms with Crippen LogP contribution in [0.25, 0.3) is 0 Å². The van der Waals surface area contributed by atoms with E-state index in [4.69, 9.17) is 17.3 Å². The van der Waals surface area contributed by atoms with Crippen LogP contribution in [0.1, 0.15) is 18.9 Å². The molecule has 0 saturated carbocycles. The Kier molecular flexibility index (Phi) is 7.96. The molecule has 0 aliphatic carbocycles. The van der Waals surface area contributed by atoms with Gasteiger partial charge in [0.15, 0.2) is 0 Å². The number of halogens is 1. The predicted molar refractivity (Wildman–Crippen MR) is 105 cm³/mol. The van der Waals surface area contributed by atoms with Gasteiger partial charge in [0.05, 0.1) is 11.9 Å². The van der Waals surface area contributed by atoms with Gasteiger partial charge in [-0.05, 0) is 30.5 Å². The second kappa shape index (κ2) is 9.97. The molecule has 142 valence electrons. The van der Waals surface area contributed by atoms with Crippen LogP contribution in [0.2, 0.25) is 5.02 Å². The van der Waals surface area contributed by atoms with Gasteiger partial charge < -0.3 is 16.2 Å². The number of benzene rings is 1. The third-order valence-corrected chi connectivity index (χ3v) is 5.75. The molecule has 1 amide bonds. The summed E-state index contributed by atoms with van der Waals surface area (Å²) in [5.41, 5.74) is 7.39. The lowest BCUT2D eigenvalue weighted by atomic mass is 10.0. The highest BCUT2D eigenvalue weighted by Crippen LogP contribution is 2.29. The fraction of sp³-hybridized carbons (Fsp3) is 0.444. The maximum Gasteiger partial charge on any atom is 0.328 e. The van der Waals surface area contributed by atoms with Gasteiger partial charge in [0.1, 0.15) is 0 Å². The van der Waals surface area contributed by atoms with Crippen molar-refractivity contribution in [2.45, 2.75) is 31.2 Å². The lowest BCUT2D eigenvalue weighted by Gasteiger charge is -2.34. The molecule has 0 bridgehead atoms. The van der Waals surface area contributed by atoms with E-state index in [0.717, 1.165) is 24.1 Å². The number of rotatable bonds is 7. The number of amides is 1. The topological polar surface area (TPSA) is 95.7 Å². The predicted octanol–water partition coefficient (Wildman–Crippen LogP) is 2.08. The zero-order valence-electron chi connectivity index (χ0n) is 14.7. The summed E-state index contributed by atoms with van der Waals surface area (Å²) in [4.78, 5) is 24.9. The minimum atomic E-state index is -0.954. The van der Waals surface area contributed by atoms with Crippen molar-refractivity contribution in [3.05, 3.63) is 46.5 Å². The number of carbonyl (C=O) groups excluding carboxylic acids is 1. The molecule has 8 heteroatoms. The summed E-state index contributed by atoms with van der Waals surface area (Å²) < 4.78 is 0. The number of carbonyl (C=O) groups is 2. The van der Waals surface area contributed by atoms with Crippen molar-refractivity contribution in [3.8, 4) is 0 Å². The molecule has 1 aromatic carbocycles. The molecule has 1 fully saturated rings. The summed E-state index contributed by atoms with van der Waals surface area (Å²) >= 11 is 7.76.